The van der Waals surface area contributed by atoms with E-state index in [4.69, 9.17) is 0 Å². The lowest BCUT2D eigenvalue weighted by atomic mass is 9.41. The van der Waals surface area contributed by atoms with Crippen LogP contribution in [0.4, 0.5) is 0 Å². The molecule has 11 atom stereocenters. The number of allylic oxidation sites excluding steroid dienone is 1. The summed E-state index contributed by atoms with van der Waals surface area (Å²) in [6.07, 6.45) is 5.55. The number of hydrogen-bond acceptors (Lipinski definition) is 4. The second-order valence-electron chi connectivity index (χ2n) is 13.0. The fourth-order valence-electron chi connectivity index (χ4n) is 9.21. The van der Waals surface area contributed by atoms with Crippen molar-refractivity contribution in [3.63, 3.8) is 0 Å². The van der Waals surface area contributed by atoms with Gasteiger partial charge in [0.2, 0.25) is 0 Å². The molecule has 0 bridgehead atoms. The van der Waals surface area contributed by atoms with E-state index in [1.54, 1.807) is 0 Å². The lowest BCUT2D eigenvalue weighted by Gasteiger charge is -2.66. The summed E-state index contributed by atoms with van der Waals surface area (Å²) in [6, 6.07) is 0. The van der Waals surface area contributed by atoms with Crippen LogP contribution < -0.4 is 0 Å². The van der Waals surface area contributed by atoms with Gasteiger partial charge in [0.15, 0.2) is 0 Å². The van der Waals surface area contributed by atoms with Crippen molar-refractivity contribution in [2.45, 2.75) is 116 Å². The van der Waals surface area contributed by atoms with Crippen LogP contribution in [0.1, 0.15) is 92.4 Å². The molecule has 0 spiro atoms. The van der Waals surface area contributed by atoms with Crippen LogP contribution in [0.15, 0.2) is 12.2 Å². The summed E-state index contributed by atoms with van der Waals surface area (Å²) in [5.41, 5.74) is -0.531. The highest BCUT2D eigenvalue weighted by atomic mass is 16.4. The molecule has 4 N–H and O–H groups in total. The van der Waals surface area contributed by atoms with Crippen molar-refractivity contribution < 1.29 is 20.4 Å². The second kappa shape index (κ2) is 8.36. The van der Waals surface area contributed by atoms with Crippen molar-refractivity contribution >= 4 is 0 Å². The number of aliphatic hydroxyl groups excluding tert-OH is 3. The fraction of sp³-hybridized carbons (Fsp3) is 0.929. The molecule has 0 aromatic rings. The Hall–Kier alpha value is -0.420. The third kappa shape index (κ3) is 3.46. The Kier molecular flexibility index (Phi) is 6.45. The molecule has 0 aliphatic heterocycles. The maximum Gasteiger partial charge on any atom is 0.101 e. The quantitative estimate of drug-likeness (QED) is 0.460. The minimum absolute atomic E-state index is 0.173. The summed E-state index contributed by atoms with van der Waals surface area (Å²) in [7, 11) is 0. The van der Waals surface area contributed by atoms with E-state index in [2.05, 4.69) is 34.3 Å². The van der Waals surface area contributed by atoms with E-state index in [1.807, 2.05) is 6.92 Å². The van der Waals surface area contributed by atoms with Crippen molar-refractivity contribution in [1.82, 2.24) is 0 Å². The minimum Gasteiger partial charge on any atom is -0.393 e. The molecule has 4 aliphatic carbocycles. The van der Waals surface area contributed by atoms with E-state index in [0.717, 1.165) is 19.3 Å². The smallest absolute Gasteiger partial charge is 0.101 e. The highest BCUT2D eigenvalue weighted by molar-refractivity contribution is 5.19. The molecule has 4 heteroatoms. The lowest BCUT2D eigenvalue weighted by molar-refractivity contribution is -0.294. The molecule has 4 saturated carbocycles. The molecule has 32 heavy (non-hydrogen) atoms. The van der Waals surface area contributed by atoms with Gasteiger partial charge in [-0.3, -0.25) is 0 Å². The molecule has 184 valence electrons. The van der Waals surface area contributed by atoms with E-state index in [-0.39, 0.29) is 17.8 Å². The monoisotopic (exact) mass is 448 g/mol. The largest absolute Gasteiger partial charge is 0.393 e. The second-order valence-corrected chi connectivity index (χ2v) is 13.0. The number of aliphatic hydroxyl groups is 4. The zero-order valence-corrected chi connectivity index (χ0v) is 21.1. The van der Waals surface area contributed by atoms with Gasteiger partial charge in [-0.25, -0.2) is 0 Å². The van der Waals surface area contributed by atoms with Crippen LogP contribution in [0.5, 0.6) is 0 Å². The Morgan fingerprint density at radius 1 is 0.969 bits per heavy atom. The van der Waals surface area contributed by atoms with Crippen LogP contribution in [0.25, 0.3) is 0 Å². The van der Waals surface area contributed by atoms with Gasteiger partial charge >= 0.3 is 0 Å². The SMILES string of the molecule is C=C(CC[C@@H](C)[C@H]1CC[C@H]2[C@@H]3CC(O)C4(O)CC(O)CC(O)[C@]4(C)[C@H]3CC[C@]12C)C(C)C. The molecule has 0 radical (unpaired) electrons. The minimum atomic E-state index is -1.40. The maximum absolute atomic E-state index is 11.6. The number of fused-ring (bicyclic) bond motifs is 5. The lowest BCUT2D eigenvalue weighted by Crippen LogP contribution is -2.72. The van der Waals surface area contributed by atoms with E-state index in [1.165, 1.54) is 24.8 Å². The Morgan fingerprint density at radius 2 is 1.66 bits per heavy atom. The van der Waals surface area contributed by atoms with Gasteiger partial charge in [0.25, 0.3) is 0 Å². The van der Waals surface area contributed by atoms with Gasteiger partial charge in [-0.15, -0.1) is 0 Å². The molecule has 4 unspecified atom stereocenters. The molecule has 0 amide bonds. The Morgan fingerprint density at radius 3 is 2.31 bits per heavy atom. The zero-order valence-electron chi connectivity index (χ0n) is 21.1. The molecule has 0 saturated heterocycles. The molecule has 4 aliphatic rings. The maximum atomic E-state index is 11.6. The van der Waals surface area contributed by atoms with Crippen LogP contribution >= 0.6 is 0 Å². The zero-order chi connectivity index (χ0) is 23.6. The van der Waals surface area contributed by atoms with Gasteiger partial charge in [0, 0.05) is 11.8 Å². The summed E-state index contributed by atoms with van der Waals surface area (Å²) in [5.74, 6) is 2.98. The standard InChI is InChI=1S/C28H48O4/c1-16(2)17(3)7-8-18(4)21-9-10-22-20-14-25(31)28(32)15-19(29)13-24(30)27(28,6)23(20)11-12-26(21,22)5/h16,18-25,29-32H,3,7-15H2,1-2,4-6H3/t18-,19?,20+,21-,22+,23+,24?,25?,26-,27+,28?/m1/s1. The molecule has 0 aromatic carbocycles. The number of rotatable bonds is 5. The van der Waals surface area contributed by atoms with Crippen molar-refractivity contribution in [3.8, 4) is 0 Å². The van der Waals surface area contributed by atoms with E-state index < -0.39 is 29.3 Å². The summed E-state index contributed by atoms with van der Waals surface area (Å²) >= 11 is 0. The van der Waals surface area contributed by atoms with Crippen LogP contribution in [0, 0.1) is 46.3 Å². The van der Waals surface area contributed by atoms with Gasteiger partial charge in [0.1, 0.15) is 5.60 Å². The van der Waals surface area contributed by atoms with Crippen molar-refractivity contribution in [3.05, 3.63) is 12.2 Å². The first-order chi connectivity index (χ1) is 14.9. The Labute approximate surface area is 195 Å². The summed E-state index contributed by atoms with van der Waals surface area (Å²) in [4.78, 5) is 0. The predicted molar refractivity (Wildman–Crippen MR) is 128 cm³/mol. The highest BCUT2D eigenvalue weighted by Gasteiger charge is 2.70. The number of hydrogen-bond donors (Lipinski definition) is 4. The molecule has 0 aromatic heterocycles. The van der Waals surface area contributed by atoms with Crippen molar-refractivity contribution in [2.24, 2.45) is 46.3 Å². The fourth-order valence-corrected chi connectivity index (χ4v) is 9.21. The third-order valence-electron chi connectivity index (χ3n) is 11.4. The van der Waals surface area contributed by atoms with Crippen LogP contribution in [0.2, 0.25) is 0 Å². The van der Waals surface area contributed by atoms with E-state index in [9.17, 15) is 20.4 Å². The highest BCUT2D eigenvalue weighted by Crippen LogP contribution is 2.69. The normalized spacial score (nSPS) is 51.6. The summed E-state index contributed by atoms with van der Waals surface area (Å²) in [6.45, 7) is 15.7. The predicted octanol–water partition coefficient (Wildman–Crippen LogP) is 4.69. The molecular weight excluding hydrogens is 400 g/mol. The van der Waals surface area contributed by atoms with Crippen LogP contribution in [0.3, 0.4) is 0 Å². The summed E-state index contributed by atoms with van der Waals surface area (Å²) < 4.78 is 0. The molecule has 0 heterocycles. The molecular formula is C28H48O4. The van der Waals surface area contributed by atoms with E-state index >= 15 is 0 Å². The van der Waals surface area contributed by atoms with Gasteiger partial charge in [0.05, 0.1) is 18.3 Å². The molecule has 4 fully saturated rings. The third-order valence-corrected chi connectivity index (χ3v) is 11.4. The van der Waals surface area contributed by atoms with E-state index in [0.29, 0.717) is 42.4 Å². The van der Waals surface area contributed by atoms with Crippen molar-refractivity contribution in [1.29, 1.82) is 0 Å². The van der Waals surface area contributed by atoms with Crippen LogP contribution in [-0.2, 0) is 0 Å². The first-order valence-electron chi connectivity index (χ1n) is 13.3. The van der Waals surface area contributed by atoms with Gasteiger partial charge in [-0.2, -0.15) is 0 Å². The molecule has 4 nitrogen and oxygen atoms in total. The van der Waals surface area contributed by atoms with Crippen molar-refractivity contribution in [2.75, 3.05) is 0 Å². The average Bonchev–Trinajstić information content (AvgIpc) is 3.06. The van der Waals surface area contributed by atoms with Gasteiger partial charge in [-0.05, 0) is 92.3 Å². The Bertz CT molecular complexity index is 720. The van der Waals surface area contributed by atoms with Crippen LogP contribution in [-0.4, -0.2) is 44.3 Å². The Balaban J connectivity index is 1.56. The first-order valence-corrected chi connectivity index (χ1v) is 13.3. The molecule has 4 rings (SSSR count). The first kappa shape index (κ1) is 24.7. The summed E-state index contributed by atoms with van der Waals surface area (Å²) in [5, 5.41) is 44.2. The van der Waals surface area contributed by atoms with Gasteiger partial charge < -0.3 is 20.4 Å². The van der Waals surface area contributed by atoms with Gasteiger partial charge in [-0.1, -0.05) is 46.8 Å². The average molecular weight is 449 g/mol. The topological polar surface area (TPSA) is 80.9 Å².